The molecule has 1 atom stereocenters. The van der Waals surface area contributed by atoms with Gasteiger partial charge in [0, 0.05) is 44.1 Å². The van der Waals surface area contributed by atoms with Crippen LogP contribution in [0.15, 0.2) is 24.3 Å². The zero-order valence-corrected chi connectivity index (χ0v) is 14.5. The molecule has 3 amide bonds. The zero-order valence-electron chi connectivity index (χ0n) is 14.5. The lowest BCUT2D eigenvalue weighted by Gasteiger charge is -2.33. The van der Waals surface area contributed by atoms with Crippen LogP contribution in [0.2, 0.25) is 0 Å². The third-order valence-corrected chi connectivity index (χ3v) is 4.26. The highest BCUT2D eigenvalue weighted by molar-refractivity contribution is 5.95. The molecule has 6 nitrogen and oxygen atoms in total. The van der Waals surface area contributed by atoms with Gasteiger partial charge < -0.3 is 20.3 Å². The van der Waals surface area contributed by atoms with Crippen molar-refractivity contribution in [3.63, 3.8) is 0 Å². The second-order valence-corrected chi connectivity index (χ2v) is 6.15. The molecule has 2 N–H and O–H groups in total. The predicted molar refractivity (Wildman–Crippen MR) is 94.3 cm³/mol. The highest BCUT2D eigenvalue weighted by atomic mass is 16.5. The molecule has 0 aliphatic carbocycles. The second-order valence-electron chi connectivity index (χ2n) is 6.15. The second kappa shape index (κ2) is 9.27. The first-order valence-corrected chi connectivity index (χ1v) is 8.56. The van der Waals surface area contributed by atoms with Crippen LogP contribution in [0.3, 0.4) is 0 Å². The molecule has 1 aliphatic rings. The molecular formula is C18H27N3O3. The first kappa shape index (κ1) is 18.3. The van der Waals surface area contributed by atoms with Crippen molar-refractivity contribution in [3.05, 3.63) is 29.8 Å². The number of amides is 3. The van der Waals surface area contributed by atoms with Crippen molar-refractivity contribution >= 4 is 17.6 Å². The van der Waals surface area contributed by atoms with E-state index in [0.717, 1.165) is 25.8 Å². The third kappa shape index (κ3) is 5.23. The van der Waals surface area contributed by atoms with Gasteiger partial charge in [-0.25, -0.2) is 4.79 Å². The van der Waals surface area contributed by atoms with Gasteiger partial charge in [-0.3, -0.25) is 4.79 Å². The molecular weight excluding hydrogens is 306 g/mol. The van der Waals surface area contributed by atoms with Crippen LogP contribution in [-0.4, -0.2) is 49.7 Å². The maximum absolute atomic E-state index is 12.6. The van der Waals surface area contributed by atoms with Crippen molar-refractivity contribution in [2.24, 2.45) is 0 Å². The highest BCUT2D eigenvalue weighted by Crippen LogP contribution is 2.20. The molecule has 2 rings (SSSR count). The topological polar surface area (TPSA) is 70.7 Å². The van der Waals surface area contributed by atoms with E-state index in [2.05, 4.69) is 17.6 Å². The lowest BCUT2D eigenvalue weighted by atomic mass is 10.0. The van der Waals surface area contributed by atoms with Crippen LogP contribution >= 0.6 is 0 Å². The number of hydrogen-bond acceptors (Lipinski definition) is 3. The molecule has 1 saturated heterocycles. The Morgan fingerprint density at radius 3 is 2.67 bits per heavy atom. The van der Waals surface area contributed by atoms with Gasteiger partial charge in [-0.2, -0.15) is 0 Å². The van der Waals surface area contributed by atoms with Gasteiger partial charge in [-0.1, -0.05) is 0 Å². The smallest absolute Gasteiger partial charge is 0.319 e. The van der Waals surface area contributed by atoms with E-state index >= 15 is 0 Å². The summed E-state index contributed by atoms with van der Waals surface area (Å²) in [5, 5.41) is 5.51. The summed E-state index contributed by atoms with van der Waals surface area (Å²) >= 11 is 0. The fraction of sp³-hybridized carbons (Fsp3) is 0.556. The van der Waals surface area contributed by atoms with Crippen LogP contribution in [0.4, 0.5) is 10.5 Å². The van der Waals surface area contributed by atoms with Gasteiger partial charge in [-0.15, -0.1) is 0 Å². The lowest BCUT2D eigenvalue weighted by molar-refractivity contribution is 0.0635. The summed E-state index contributed by atoms with van der Waals surface area (Å²) in [4.78, 5) is 26.2. The Morgan fingerprint density at radius 2 is 2.00 bits per heavy atom. The Morgan fingerprint density at radius 1 is 1.25 bits per heavy atom. The lowest BCUT2D eigenvalue weighted by Crippen LogP contribution is -2.42. The van der Waals surface area contributed by atoms with Gasteiger partial charge in [0.25, 0.3) is 5.91 Å². The Bertz CT molecular complexity index is 545. The summed E-state index contributed by atoms with van der Waals surface area (Å²) in [6, 6.07) is 7.10. The van der Waals surface area contributed by atoms with Crippen molar-refractivity contribution in [2.45, 2.75) is 38.6 Å². The minimum atomic E-state index is -0.255. The van der Waals surface area contributed by atoms with E-state index in [9.17, 15) is 9.59 Å². The van der Waals surface area contributed by atoms with Gasteiger partial charge >= 0.3 is 6.03 Å². The number of likely N-dealkylation sites (tertiary alicyclic amines) is 1. The molecule has 1 aromatic carbocycles. The van der Waals surface area contributed by atoms with Crippen LogP contribution in [0.1, 0.15) is 43.0 Å². The molecule has 1 heterocycles. The SMILES string of the molecule is COCCCNC(=O)Nc1ccc(C(=O)N2CCCC[C@H]2C)cc1. The molecule has 0 saturated carbocycles. The first-order chi connectivity index (χ1) is 11.6. The summed E-state index contributed by atoms with van der Waals surface area (Å²) in [5.41, 5.74) is 1.33. The fourth-order valence-corrected chi connectivity index (χ4v) is 2.86. The maximum atomic E-state index is 12.6. The minimum Gasteiger partial charge on any atom is -0.385 e. The zero-order chi connectivity index (χ0) is 17.4. The van der Waals surface area contributed by atoms with Gasteiger partial charge in [-0.05, 0) is 56.9 Å². The molecule has 0 radical (unpaired) electrons. The van der Waals surface area contributed by atoms with E-state index in [4.69, 9.17) is 4.74 Å². The number of rotatable bonds is 6. The number of carbonyl (C=O) groups is 2. The molecule has 1 aromatic rings. The van der Waals surface area contributed by atoms with Crippen molar-refractivity contribution < 1.29 is 14.3 Å². The van der Waals surface area contributed by atoms with E-state index in [1.165, 1.54) is 6.42 Å². The van der Waals surface area contributed by atoms with Crippen molar-refractivity contribution in [3.8, 4) is 0 Å². The Labute approximate surface area is 143 Å². The van der Waals surface area contributed by atoms with Crippen molar-refractivity contribution in [2.75, 3.05) is 32.1 Å². The van der Waals surface area contributed by atoms with E-state index < -0.39 is 0 Å². The predicted octanol–water partition coefficient (Wildman–Crippen LogP) is 2.86. The van der Waals surface area contributed by atoms with Crippen molar-refractivity contribution in [1.29, 1.82) is 0 Å². The summed E-state index contributed by atoms with van der Waals surface area (Å²) in [6.45, 7) is 4.10. The quantitative estimate of drug-likeness (QED) is 0.787. The van der Waals surface area contributed by atoms with E-state index in [-0.39, 0.29) is 11.9 Å². The number of hydrogen-bond donors (Lipinski definition) is 2. The first-order valence-electron chi connectivity index (χ1n) is 8.56. The third-order valence-electron chi connectivity index (χ3n) is 4.26. The molecule has 132 valence electrons. The molecule has 0 bridgehead atoms. The average Bonchev–Trinajstić information content (AvgIpc) is 2.59. The summed E-state index contributed by atoms with van der Waals surface area (Å²) < 4.78 is 4.93. The monoisotopic (exact) mass is 333 g/mol. The Hall–Kier alpha value is -2.08. The number of nitrogens with zero attached hydrogens (tertiary/aromatic N) is 1. The van der Waals surface area contributed by atoms with Crippen LogP contribution in [-0.2, 0) is 4.74 Å². The standard InChI is InChI=1S/C18H27N3O3/c1-14-6-3-4-12-21(14)17(22)15-7-9-16(10-8-15)20-18(23)19-11-5-13-24-2/h7-10,14H,3-6,11-13H2,1-2H3,(H2,19,20,23)/t14-/m1/s1. The Balaban J connectivity index is 1.86. The highest BCUT2D eigenvalue weighted by Gasteiger charge is 2.23. The number of ether oxygens (including phenoxy) is 1. The van der Waals surface area contributed by atoms with Crippen LogP contribution in [0, 0.1) is 0 Å². The largest absolute Gasteiger partial charge is 0.385 e. The maximum Gasteiger partial charge on any atom is 0.319 e. The number of nitrogens with one attached hydrogen (secondary N) is 2. The average molecular weight is 333 g/mol. The number of urea groups is 1. The summed E-state index contributed by atoms with van der Waals surface area (Å²) in [6.07, 6.45) is 4.09. The normalized spacial score (nSPS) is 17.4. The fourth-order valence-electron chi connectivity index (χ4n) is 2.86. The molecule has 24 heavy (non-hydrogen) atoms. The molecule has 0 unspecified atom stereocenters. The van der Waals surface area contributed by atoms with Gasteiger partial charge in [0.15, 0.2) is 0 Å². The number of piperidine rings is 1. The minimum absolute atomic E-state index is 0.0674. The van der Waals surface area contributed by atoms with Gasteiger partial charge in [0.05, 0.1) is 0 Å². The van der Waals surface area contributed by atoms with Crippen LogP contribution in [0.25, 0.3) is 0 Å². The Kier molecular flexibility index (Phi) is 7.06. The number of methoxy groups -OCH3 is 1. The number of anilines is 1. The van der Waals surface area contributed by atoms with Crippen LogP contribution < -0.4 is 10.6 Å². The van der Waals surface area contributed by atoms with E-state index in [0.29, 0.717) is 30.4 Å². The molecule has 1 fully saturated rings. The van der Waals surface area contributed by atoms with Crippen molar-refractivity contribution in [1.82, 2.24) is 10.2 Å². The van der Waals surface area contributed by atoms with Crippen LogP contribution in [0.5, 0.6) is 0 Å². The summed E-state index contributed by atoms with van der Waals surface area (Å²) in [5.74, 6) is 0.0674. The number of benzene rings is 1. The molecule has 0 spiro atoms. The molecule has 6 heteroatoms. The molecule has 0 aromatic heterocycles. The van der Waals surface area contributed by atoms with Gasteiger partial charge in [0.1, 0.15) is 0 Å². The number of carbonyl (C=O) groups excluding carboxylic acids is 2. The molecule has 1 aliphatic heterocycles. The van der Waals surface area contributed by atoms with E-state index in [1.54, 1.807) is 31.4 Å². The van der Waals surface area contributed by atoms with E-state index in [1.807, 2.05) is 4.90 Å². The summed E-state index contributed by atoms with van der Waals surface area (Å²) in [7, 11) is 1.63. The van der Waals surface area contributed by atoms with Gasteiger partial charge in [0.2, 0.25) is 0 Å².